The highest BCUT2D eigenvalue weighted by atomic mass is 19.1. The Morgan fingerprint density at radius 1 is 1.00 bits per heavy atom. The van der Waals surface area contributed by atoms with Crippen LogP contribution in [0.3, 0.4) is 0 Å². The number of phenolic OH excluding ortho intramolecular Hbond substituents is 1. The second-order valence-electron chi connectivity index (χ2n) is 7.14. The van der Waals surface area contributed by atoms with Crippen LogP contribution >= 0.6 is 0 Å². The summed E-state index contributed by atoms with van der Waals surface area (Å²) in [5.74, 6) is -0.752. The highest BCUT2D eigenvalue weighted by molar-refractivity contribution is 5.88. The van der Waals surface area contributed by atoms with E-state index >= 15 is 0 Å². The first-order chi connectivity index (χ1) is 14.5. The number of unbranched alkanes of at least 4 members (excludes halogenated alkanes) is 2. The minimum absolute atomic E-state index is 0.146. The molecule has 0 spiro atoms. The monoisotopic (exact) mass is 404 g/mol. The highest BCUT2D eigenvalue weighted by Crippen LogP contribution is 2.27. The Hall–Kier alpha value is -3.40. The van der Waals surface area contributed by atoms with Gasteiger partial charge in [0.25, 0.3) is 0 Å². The fourth-order valence-corrected chi connectivity index (χ4v) is 3.12. The first-order valence-corrected chi connectivity index (χ1v) is 10.1. The molecule has 0 saturated carbocycles. The van der Waals surface area contributed by atoms with Crippen LogP contribution in [0.4, 0.5) is 4.39 Å². The smallest absolute Gasteiger partial charge is 0.336 e. The molecular formula is C26H25FO3. The molecule has 30 heavy (non-hydrogen) atoms. The molecule has 0 radical (unpaired) electrons. The van der Waals surface area contributed by atoms with Crippen molar-refractivity contribution in [2.45, 2.75) is 32.6 Å². The third-order valence-corrected chi connectivity index (χ3v) is 4.80. The molecule has 3 rings (SSSR count). The summed E-state index contributed by atoms with van der Waals surface area (Å²) in [7, 11) is 0. The second kappa shape index (κ2) is 10.4. The lowest BCUT2D eigenvalue weighted by Crippen LogP contribution is -2.04. The molecule has 3 aromatic rings. The van der Waals surface area contributed by atoms with Gasteiger partial charge in [0, 0.05) is 17.7 Å². The van der Waals surface area contributed by atoms with Crippen molar-refractivity contribution < 1.29 is 19.0 Å². The van der Waals surface area contributed by atoms with Gasteiger partial charge in [0.15, 0.2) is 0 Å². The number of benzene rings is 3. The van der Waals surface area contributed by atoms with Crippen molar-refractivity contribution in [2.75, 3.05) is 0 Å². The largest absolute Gasteiger partial charge is 0.508 e. The van der Waals surface area contributed by atoms with Crippen molar-refractivity contribution in [3.05, 3.63) is 89.8 Å². The van der Waals surface area contributed by atoms with Gasteiger partial charge in [-0.05, 0) is 59.9 Å². The molecule has 154 valence electrons. The SMILES string of the molecule is CCCCCc1ccc(-c2ccc(OC(=O)/C=C\c3ccc(O)cc3)cc2F)cc1. The van der Waals surface area contributed by atoms with E-state index in [4.69, 9.17) is 4.74 Å². The molecule has 3 nitrogen and oxygen atoms in total. The van der Waals surface area contributed by atoms with Gasteiger partial charge < -0.3 is 9.84 Å². The van der Waals surface area contributed by atoms with Gasteiger partial charge in [0.1, 0.15) is 17.3 Å². The van der Waals surface area contributed by atoms with Crippen molar-refractivity contribution >= 4 is 12.0 Å². The molecule has 0 aliphatic heterocycles. The van der Waals surface area contributed by atoms with Gasteiger partial charge in [-0.1, -0.05) is 56.2 Å². The maximum absolute atomic E-state index is 14.6. The maximum atomic E-state index is 14.6. The Labute approximate surface area is 176 Å². The Balaban J connectivity index is 1.63. The van der Waals surface area contributed by atoms with Crippen LogP contribution < -0.4 is 4.74 Å². The Bertz CT molecular complexity index is 1010. The lowest BCUT2D eigenvalue weighted by atomic mass is 10.0. The molecule has 0 aliphatic rings. The summed E-state index contributed by atoms with van der Waals surface area (Å²) < 4.78 is 19.8. The maximum Gasteiger partial charge on any atom is 0.336 e. The Kier molecular flexibility index (Phi) is 7.39. The molecule has 0 saturated heterocycles. The number of rotatable bonds is 8. The molecule has 0 heterocycles. The van der Waals surface area contributed by atoms with Gasteiger partial charge in [-0.3, -0.25) is 0 Å². The van der Waals surface area contributed by atoms with Crippen molar-refractivity contribution in [3.8, 4) is 22.6 Å². The topological polar surface area (TPSA) is 46.5 Å². The Morgan fingerprint density at radius 2 is 1.73 bits per heavy atom. The third-order valence-electron chi connectivity index (χ3n) is 4.80. The summed E-state index contributed by atoms with van der Waals surface area (Å²) in [6.45, 7) is 2.18. The number of esters is 1. The van der Waals surface area contributed by atoms with E-state index in [1.807, 2.05) is 24.3 Å². The minimum Gasteiger partial charge on any atom is -0.508 e. The third kappa shape index (κ3) is 6.05. The molecule has 0 atom stereocenters. The summed E-state index contributed by atoms with van der Waals surface area (Å²) >= 11 is 0. The van der Waals surface area contributed by atoms with Crippen LogP contribution in [0.1, 0.15) is 37.3 Å². The first kappa shape index (κ1) is 21.3. The molecular weight excluding hydrogens is 379 g/mol. The number of aryl methyl sites for hydroxylation is 1. The van der Waals surface area contributed by atoms with Gasteiger partial charge in [0.2, 0.25) is 0 Å². The number of ether oxygens (including phenoxy) is 1. The lowest BCUT2D eigenvalue weighted by molar-refractivity contribution is -0.128. The number of aromatic hydroxyl groups is 1. The summed E-state index contributed by atoms with van der Waals surface area (Å²) in [6, 6.07) is 18.7. The minimum atomic E-state index is -0.605. The van der Waals surface area contributed by atoms with Gasteiger partial charge in [-0.2, -0.15) is 0 Å². The van der Waals surface area contributed by atoms with Crippen LogP contribution in [0.25, 0.3) is 17.2 Å². The van der Waals surface area contributed by atoms with Gasteiger partial charge in [-0.25, -0.2) is 9.18 Å². The molecule has 3 aromatic carbocycles. The zero-order chi connectivity index (χ0) is 21.3. The molecule has 0 amide bonds. The van der Waals surface area contributed by atoms with Crippen molar-refractivity contribution in [2.24, 2.45) is 0 Å². The predicted molar refractivity (Wildman–Crippen MR) is 118 cm³/mol. The highest BCUT2D eigenvalue weighted by Gasteiger charge is 2.09. The summed E-state index contributed by atoms with van der Waals surface area (Å²) in [5.41, 5.74) is 3.24. The first-order valence-electron chi connectivity index (χ1n) is 10.1. The van der Waals surface area contributed by atoms with Crippen molar-refractivity contribution in [1.29, 1.82) is 0 Å². The van der Waals surface area contributed by atoms with Crippen LogP contribution in [0.5, 0.6) is 11.5 Å². The summed E-state index contributed by atoms with van der Waals surface area (Å²) in [6.07, 6.45) is 7.41. The number of halogens is 1. The van der Waals surface area contributed by atoms with E-state index in [0.29, 0.717) is 5.56 Å². The average molecular weight is 404 g/mol. The summed E-state index contributed by atoms with van der Waals surface area (Å²) in [4.78, 5) is 12.0. The van der Waals surface area contributed by atoms with Crippen molar-refractivity contribution in [3.63, 3.8) is 0 Å². The quantitative estimate of drug-likeness (QED) is 0.200. The van der Waals surface area contributed by atoms with Crippen LogP contribution in [-0.2, 0) is 11.2 Å². The van der Waals surface area contributed by atoms with E-state index in [1.165, 1.54) is 42.7 Å². The number of carbonyl (C=O) groups excluding carboxylic acids is 1. The molecule has 0 aliphatic carbocycles. The van der Waals surface area contributed by atoms with Gasteiger partial charge >= 0.3 is 5.97 Å². The van der Waals surface area contributed by atoms with Gasteiger partial charge in [0.05, 0.1) is 0 Å². The van der Waals surface area contributed by atoms with Crippen LogP contribution in [0, 0.1) is 5.82 Å². The molecule has 0 aromatic heterocycles. The van der Waals surface area contributed by atoms with Crippen LogP contribution in [-0.4, -0.2) is 11.1 Å². The van der Waals surface area contributed by atoms with E-state index in [-0.39, 0.29) is 11.5 Å². The van der Waals surface area contributed by atoms with E-state index in [2.05, 4.69) is 6.92 Å². The molecule has 4 heteroatoms. The average Bonchev–Trinajstić information content (AvgIpc) is 2.74. The van der Waals surface area contributed by atoms with Gasteiger partial charge in [-0.15, -0.1) is 0 Å². The zero-order valence-corrected chi connectivity index (χ0v) is 17.0. The molecule has 0 fully saturated rings. The second-order valence-corrected chi connectivity index (χ2v) is 7.14. The standard InChI is InChI=1S/C26H25FO3/c1-2-3-4-5-19-6-11-21(12-7-19)24-16-15-23(18-25(24)27)30-26(29)17-10-20-8-13-22(28)14-9-20/h6-18,28H,2-5H2,1H3/b17-10-. The van der Waals surface area contributed by atoms with E-state index in [0.717, 1.165) is 24.0 Å². The molecule has 1 N–H and O–H groups in total. The summed E-state index contributed by atoms with van der Waals surface area (Å²) in [5, 5.41) is 9.27. The fourth-order valence-electron chi connectivity index (χ4n) is 3.12. The fraction of sp³-hybridized carbons (Fsp3) is 0.192. The predicted octanol–water partition coefficient (Wildman–Crippen LogP) is 6.55. The zero-order valence-electron chi connectivity index (χ0n) is 17.0. The molecule has 0 unspecified atom stereocenters. The Morgan fingerprint density at radius 3 is 2.40 bits per heavy atom. The van der Waals surface area contributed by atoms with E-state index in [1.54, 1.807) is 30.3 Å². The number of phenols is 1. The number of hydrogen-bond acceptors (Lipinski definition) is 3. The lowest BCUT2D eigenvalue weighted by Gasteiger charge is -2.08. The number of carbonyl (C=O) groups is 1. The normalized spacial score (nSPS) is 11.0. The van der Waals surface area contributed by atoms with Crippen LogP contribution in [0.15, 0.2) is 72.8 Å². The van der Waals surface area contributed by atoms with Crippen molar-refractivity contribution in [1.82, 2.24) is 0 Å². The van der Waals surface area contributed by atoms with Crippen LogP contribution in [0.2, 0.25) is 0 Å². The molecule has 0 bridgehead atoms. The number of hydrogen-bond donors (Lipinski definition) is 1. The van der Waals surface area contributed by atoms with E-state index in [9.17, 15) is 14.3 Å². The van der Waals surface area contributed by atoms with E-state index < -0.39 is 11.8 Å².